The van der Waals surface area contributed by atoms with Crippen LogP contribution in [0.15, 0.2) is 36.5 Å². The van der Waals surface area contributed by atoms with Gasteiger partial charge in [-0.2, -0.15) is 0 Å². The van der Waals surface area contributed by atoms with Crippen molar-refractivity contribution in [2.24, 2.45) is 0 Å². The first kappa shape index (κ1) is 10.3. The Bertz CT molecular complexity index is 384. The summed E-state index contributed by atoms with van der Waals surface area (Å²) in [6, 6.07) is 9.01. The summed E-state index contributed by atoms with van der Waals surface area (Å²) < 4.78 is 0. The maximum atomic E-state index is 11.1. The van der Waals surface area contributed by atoms with E-state index in [1.54, 1.807) is 18.3 Å². The van der Waals surface area contributed by atoms with Gasteiger partial charge < -0.3 is 5.11 Å². The summed E-state index contributed by atoms with van der Waals surface area (Å²) in [5, 5.41) is 12.1. The molecule has 1 heterocycles. The zero-order chi connectivity index (χ0) is 7.68. The third-order valence-electron chi connectivity index (χ3n) is 1.66. The predicted molar refractivity (Wildman–Crippen MR) is 39.9 cm³/mol. The third-order valence-corrected chi connectivity index (χ3v) is 1.66. The van der Waals surface area contributed by atoms with Crippen molar-refractivity contribution in [2.45, 2.75) is 0 Å². The molecule has 0 radical (unpaired) electrons. The fourth-order valence-electron chi connectivity index (χ4n) is 1.12. The molecule has 2 aromatic rings. The first-order valence-corrected chi connectivity index (χ1v) is 3.44. The summed E-state index contributed by atoms with van der Waals surface area (Å²) in [6.07, 6.45) is 1.75. The van der Waals surface area contributed by atoms with Crippen LogP contribution in [-0.2, 0) is 0 Å². The summed E-state index contributed by atoms with van der Waals surface area (Å²) >= 11 is 0. The minimum absolute atomic E-state index is 0. The smallest absolute Gasteiger partial charge is 0.868 e. The monoisotopic (exact) mass is 230 g/mol. The molecule has 54 valence electrons. The Balaban J connectivity index is 0.000000720. The van der Waals surface area contributed by atoms with Crippen LogP contribution in [-0.4, -0.2) is 0 Å². The fourth-order valence-corrected chi connectivity index (χ4v) is 1.12. The van der Waals surface area contributed by atoms with Crippen molar-refractivity contribution in [3.63, 3.8) is 0 Å². The summed E-state index contributed by atoms with van der Waals surface area (Å²) in [7, 11) is 0. The van der Waals surface area contributed by atoms with Crippen LogP contribution in [0, 0.1) is 0 Å². The van der Waals surface area contributed by atoms with Gasteiger partial charge in [0.2, 0.25) is 5.52 Å². The summed E-state index contributed by atoms with van der Waals surface area (Å²) in [4.78, 5) is 2.91. The van der Waals surface area contributed by atoms with E-state index in [1.807, 2.05) is 18.2 Å². The van der Waals surface area contributed by atoms with Crippen molar-refractivity contribution >= 4 is 10.9 Å². The average Bonchev–Trinajstić information content (AvgIpc) is 2.06. The molecule has 0 aliphatic rings. The number of fused-ring (bicyclic) bond motifs is 1. The number of nitrogens with one attached hydrogen (secondary N) is 1. The topological polar surface area (TPSA) is 37.2 Å². The zero-order valence-corrected chi connectivity index (χ0v) is 11.8. The Hall–Kier alpha value is 0.235. The molecule has 0 saturated heterocycles. The second-order valence-corrected chi connectivity index (χ2v) is 2.39. The molecular weight excluding hydrogens is 224 g/mol. The second kappa shape index (κ2) is 4.47. The van der Waals surface area contributed by atoms with Crippen LogP contribution < -0.4 is 68.3 Å². The van der Waals surface area contributed by atoms with Crippen molar-refractivity contribution in [2.75, 3.05) is 0 Å². The van der Waals surface area contributed by atoms with E-state index >= 15 is 0 Å². The van der Waals surface area contributed by atoms with E-state index in [1.165, 1.54) is 0 Å². The minimum Gasteiger partial charge on any atom is -0.868 e. The molecule has 0 aliphatic heterocycles. The van der Waals surface area contributed by atoms with Crippen molar-refractivity contribution in [1.82, 2.24) is 0 Å². The van der Waals surface area contributed by atoms with Crippen LogP contribution in [0.2, 0.25) is 0 Å². The van der Waals surface area contributed by atoms with Gasteiger partial charge in [0, 0.05) is 11.5 Å². The molecule has 1 aromatic heterocycles. The Labute approximate surface area is 119 Å². The van der Waals surface area contributed by atoms with E-state index in [2.05, 4.69) is 4.98 Å². The first-order valence-electron chi connectivity index (χ1n) is 3.44. The number of benzene rings is 1. The molecule has 0 spiro atoms. The van der Waals surface area contributed by atoms with Gasteiger partial charge in [0.15, 0.2) is 6.20 Å². The van der Waals surface area contributed by atoms with Crippen LogP contribution in [0.4, 0.5) is 0 Å². The number of para-hydroxylation sites is 1. The Morgan fingerprint density at radius 2 is 1.83 bits per heavy atom. The number of aromatic nitrogens is 1. The summed E-state index contributed by atoms with van der Waals surface area (Å²) in [5.74, 6) is 0.0445. The maximum absolute atomic E-state index is 11.1. The van der Waals surface area contributed by atoms with Crippen LogP contribution in [0.1, 0.15) is 0 Å². The van der Waals surface area contributed by atoms with Gasteiger partial charge in [0.05, 0.1) is 0 Å². The van der Waals surface area contributed by atoms with Gasteiger partial charge in [-0.05, 0) is 17.9 Å². The van der Waals surface area contributed by atoms with Gasteiger partial charge >= 0.3 is 58.2 Å². The number of rotatable bonds is 0. The fraction of sp³-hybridized carbons (Fsp3) is 0. The Morgan fingerprint density at radius 1 is 1.08 bits per heavy atom. The molecule has 3 heteroatoms. The first-order chi connectivity index (χ1) is 5.38. The maximum Gasteiger partial charge on any atom is 1.00 e. The van der Waals surface area contributed by atoms with Crippen LogP contribution in [0.3, 0.4) is 0 Å². The number of hydrogen-bond donors (Lipinski definition) is 0. The molecule has 2 nitrogen and oxygen atoms in total. The van der Waals surface area contributed by atoms with Crippen LogP contribution >= 0.6 is 0 Å². The van der Waals surface area contributed by atoms with E-state index in [9.17, 15) is 5.11 Å². The molecule has 1 N–H and O–H groups in total. The van der Waals surface area contributed by atoms with Gasteiger partial charge in [-0.3, -0.25) is 0 Å². The summed E-state index contributed by atoms with van der Waals surface area (Å²) in [6.45, 7) is 0. The largest absolute Gasteiger partial charge is 1.00 e. The number of H-pyrrole nitrogens is 1. The normalized spacial score (nSPS) is 9.33. The molecular formula is C9H7NORb+. The van der Waals surface area contributed by atoms with E-state index in [4.69, 9.17) is 0 Å². The second-order valence-electron chi connectivity index (χ2n) is 2.39. The standard InChI is InChI=1S/C9H7NO.Rb/c11-8-5-1-3-7-4-2-6-10-9(7)8;/h1-6,11H;/q;+1. The van der Waals surface area contributed by atoms with E-state index in [0.29, 0.717) is 5.52 Å². The van der Waals surface area contributed by atoms with Gasteiger partial charge in [-0.1, -0.05) is 12.1 Å². The third kappa shape index (κ3) is 1.94. The average molecular weight is 231 g/mol. The SMILES string of the molecule is [O-]c1cccc2ccc[nH+]c12.[Rb+]. The molecule has 0 atom stereocenters. The zero-order valence-electron chi connectivity index (χ0n) is 6.87. The molecule has 12 heavy (non-hydrogen) atoms. The molecule has 0 unspecified atom stereocenters. The van der Waals surface area contributed by atoms with Gasteiger partial charge in [0.25, 0.3) is 0 Å². The molecule has 0 saturated carbocycles. The molecule has 2 rings (SSSR count). The van der Waals surface area contributed by atoms with Crippen molar-refractivity contribution in [1.29, 1.82) is 0 Å². The van der Waals surface area contributed by atoms with Gasteiger partial charge in [-0.25, -0.2) is 4.98 Å². The van der Waals surface area contributed by atoms with Gasteiger partial charge in [-0.15, -0.1) is 0 Å². The van der Waals surface area contributed by atoms with E-state index in [0.717, 1.165) is 5.39 Å². The van der Waals surface area contributed by atoms with Crippen molar-refractivity contribution < 1.29 is 68.3 Å². The van der Waals surface area contributed by atoms with Crippen molar-refractivity contribution in [3.8, 4) is 5.75 Å². The Kier molecular flexibility index (Phi) is 3.84. The van der Waals surface area contributed by atoms with Gasteiger partial charge in [0.1, 0.15) is 0 Å². The minimum atomic E-state index is 0. The van der Waals surface area contributed by atoms with E-state index in [-0.39, 0.29) is 63.9 Å². The number of aromatic amines is 1. The van der Waals surface area contributed by atoms with Crippen LogP contribution in [0.25, 0.3) is 10.9 Å². The number of hydrogen-bond acceptors (Lipinski definition) is 1. The Morgan fingerprint density at radius 3 is 2.58 bits per heavy atom. The molecule has 0 amide bonds. The molecule has 1 aromatic carbocycles. The molecule has 0 bridgehead atoms. The molecule has 0 aliphatic carbocycles. The van der Waals surface area contributed by atoms with E-state index < -0.39 is 0 Å². The predicted octanol–water partition coefficient (Wildman–Crippen LogP) is -2.27. The van der Waals surface area contributed by atoms with Crippen molar-refractivity contribution in [3.05, 3.63) is 36.5 Å². The number of pyridine rings is 1. The summed E-state index contributed by atoms with van der Waals surface area (Å²) in [5.41, 5.74) is 0.676. The van der Waals surface area contributed by atoms with Crippen LogP contribution in [0.5, 0.6) is 5.75 Å². The molecule has 0 fully saturated rings. The quantitative estimate of drug-likeness (QED) is 0.503.